The van der Waals surface area contributed by atoms with Crippen LogP contribution in [-0.2, 0) is 25.4 Å². The number of benzene rings is 2. The molecule has 0 saturated heterocycles. The lowest BCUT2D eigenvalue weighted by Crippen LogP contribution is -3.00. The van der Waals surface area contributed by atoms with Crippen molar-refractivity contribution in [3.05, 3.63) is 83.9 Å². The highest BCUT2D eigenvalue weighted by atomic mass is 127. The van der Waals surface area contributed by atoms with Crippen molar-refractivity contribution in [2.75, 3.05) is 7.11 Å². The number of aryl methyl sites for hydroxylation is 2. The first-order chi connectivity index (χ1) is 11.7. The first-order valence-corrected chi connectivity index (χ1v) is 7.99. The van der Waals surface area contributed by atoms with E-state index in [1.807, 2.05) is 62.9 Å². The lowest BCUT2D eigenvalue weighted by molar-refractivity contribution is -0.682. The zero-order valence-electron chi connectivity index (χ0n) is 14.7. The van der Waals surface area contributed by atoms with Crippen molar-refractivity contribution in [1.82, 2.24) is 4.57 Å². The van der Waals surface area contributed by atoms with E-state index in [9.17, 15) is 0 Å². The number of halogens is 1. The third-order valence-corrected chi connectivity index (χ3v) is 4.13. The third-order valence-electron chi connectivity index (χ3n) is 4.13. The van der Waals surface area contributed by atoms with Gasteiger partial charge in [0.2, 0.25) is 0 Å². The molecule has 0 aliphatic rings. The minimum Gasteiger partial charge on any atom is -1.00 e. The summed E-state index contributed by atoms with van der Waals surface area (Å²) in [6.07, 6.45) is 3.90. The van der Waals surface area contributed by atoms with E-state index in [1.165, 1.54) is 0 Å². The van der Waals surface area contributed by atoms with E-state index in [4.69, 9.17) is 9.47 Å². The Labute approximate surface area is 166 Å². The topological polar surface area (TPSA) is 27.3 Å². The number of rotatable bonds is 6. The molecule has 0 spiro atoms. The number of hydrogen-bond donors (Lipinski definition) is 0. The molecule has 1 atom stereocenters. The van der Waals surface area contributed by atoms with Crippen molar-refractivity contribution in [2.45, 2.75) is 12.7 Å². The quantitative estimate of drug-likeness (QED) is 0.396. The number of nitrogens with zero attached hydrogens (tertiary/aromatic N) is 2. The maximum absolute atomic E-state index is 6.32. The Hall–Kier alpha value is -1.86. The fourth-order valence-corrected chi connectivity index (χ4v) is 2.85. The Balaban J connectivity index is 0.00000225. The van der Waals surface area contributed by atoms with E-state index in [2.05, 4.69) is 27.3 Å². The maximum Gasteiger partial charge on any atom is 0.290 e. The van der Waals surface area contributed by atoms with E-state index >= 15 is 0 Å². The molecule has 3 rings (SSSR count). The second-order valence-electron chi connectivity index (χ2n) is 5.83. The maximum atomic E-state index is 6.32. The van der Waals surface area contributed by atoms with E-state index < -0.39 is 0 Å². The zero-order valence-corrected chi connectivity index (χ0v) is 16.9. The van der Waals surface area contributed by atoms with Crippen LogP contribution < -0.4 is 33.3 Å². The molecule has 0 amide bonds. The Bertz CT molecular complexity index is 783. The van der Waals surface area contributed by atoms with Gasteiger partial charge in [0.25, 0.3) is 5.82 Å². The average molecular weight is 450 g/mol. The van der Waals surface area contributed by atoms with Crippen LogP contribution in [0.15, 0.2) is 67.0 Å². The summed E-state index contributed by atoms with van der Waals surface area (Å²) >= 11 is 0. The van der Waals surface area contributed by atoms with Gasteiger partial charge in [-0.2, -0.15) is 0 Å². The summed E-state index contributed by atoms with van der Waals surface area (Å²) in [4.78, 5) is 0. The fraction of sp³-hybridized carbons (Fsp3) is 0.250. The SMILES string of the molecule is COc1cccc(C(OCc2ccccc2)c2n(C)cc[n+]2C)c1.[I-]. The van der Waals surface area contributed by atoms with E-state index in [0.29, 0.717) is 6.61 Å². The van der Waals surface area contributed by atoms with Crippen molar-refractivity contribution < 1.29 is 38.0 Å². The van der Waals surface area contributed by atoms with Crippen molar-refractivity contribution in [2.24, 2.45) is 14.1 Å². The van der Waals surface area contributed by atoms with Gasteiger partial charge in [-0.25, -0.2) is 9.13 Å². The third kappa shape index (κ3) is 4.61. The Morgan fingerprint density at radius 2 is 1.84 bits per heavy atom. The van der Waals surface area contributed by atoms with Crippen LogP contribution in [-0.4, -0.2) is 11.7 Å². The van der Waals surface area contributed by atoms with Crippen molar-refractivity contribution in [3.63, 3.8) is 0 Å². The Morgan fingerprint density at radius 3 is 2.48 bits per heavy atom. The normalized spacial score (nSPS) is 11.6. The molecule has 1 unspecified atom stereocenters. The number of ether oxygens (including phenoxy) is 2. The lowest BCUT2D eigenvalue weighted by atomic mass is 10.1. The Kier molecular flexibility index (Phi) is 7.01. The minimum atomic E-state index is -0.176. The molecule has 25 heavy (non-hydrogen) atoms. The second-order valence-corrected chi connectivity index (χ2v) is 5.83. The highest BCUT2D eigenvalue weighted by Gasteiger charge is 2.27. The standard InChI is InChI=1S/C20H23N2O2.HI/c1-21-12-13-22(2)20(21)19(17-10-7-11-18(14-17)23-3)24-15-16-8-5-4-6-9-16;/h4-14,19H,15H2,1-3H3;1H/q+1;/p-1. The van der Waals surface area contributed by atoms with Gasteiger partial charge in [-0.3, -0.25) is 0 Å². The van der Waals surface area contributed by atoms with Crippen molar-refractivity contribution in [1.29, 1.82) is 0 Å². The Morgan fingerprint density at radius 1 is 1.08 bits per heavy atom. The molecule has 1 heterocycles. The molecule has 2 aromatic carbocycles. The smallest absolute Gasteiger partial charge is 0.290 e. The molecule has 132 valence electrons. The monoisotopic (exact) mass is 450 g/mol. The van der Waals surface area contributed by atoms with Gasteiger partial charge in [-0.1, -0.05) is 42.5 Å². The molecule has 4 nitrogen and oxygen atoms in total. The highest BCUT2D eigenvalue weighted by molar-refractivity contribution is 5.32. The molecule has 0 bridgehead atoms. The van der Waals surface area contributed by atoms with Crippen LogP contribution in [0.25, 0.3) is 0 Å². The number of hydrogen-bond acceptors (Lipinski definition) is 2. The van der Waals surface area contributed by atoms with Gasteiger partial charge in [0.05, 0.1) is 27.8 Å². The van der Waals surface area contributed by atoms with Gasteiger partial charge in [0.1, 0.15) is 18.1 Å². The van der Waals surface area contributed by atoms with Crippen LogP contribution in [0.2, 0.25) is 0 Å². The van der Waals surface area contributed by atoms with Crippen molar-refractivity contribution in [3.8, 4) is 5.75 Å². The van der Waals surface area contributed by atoms with Crippen LogP contribution in [0.4, 0.5) is 0 Å². The van der Waals surface area contributed by atoms with E-state index in [0.717, 1.165) is 22.7 Å². The zero-order chi connectivity index (χ0) is 16.9. The summed E-state index contributed by atoms with van der Waals surface area (Å²) in [5.41, 5.74) is 2.23. The molecule has 3 aromatic rings. The summed E-state index contributed by atoms with van der Waals surface area (Å²) in [6, 6.07) is 18.3. The molecule has 0 fully saturated rings. The number of methoxy groups -OCH3 is 1. The van der Waals surface area contributed by atoms with Gasteiger partial charge in [-0.15, -0.1) is 0 Å². The number of imidazole rings is 1. The summed E-state index contributed by atoms with van der Waals surface area (Å²) in [5.74, 6) is 1.91. The van der Waals surface area contributed by atoms with Gasteiger partial charge in [0, 0.05) is 0 Å². The predicted molar refractivity (Wildman–Crippen MR) is 92.7 cm³/mol. The predicted octanol–water partition coefficient (Wildman–Crippen LogP) is 0.168. The first-order valence-electron chi connectivity index (χ1n) is 7.99. The summed E-state index contributed by atoms with van der Waals surface area (Å²) < 4.78 is 15.9. The van der Waals surface area contributed by atoms with Gasteiger partial charge >= 0.3 is 0 Å². The first kappa shape index (κ1) is 19.5. The number of aromatic nitrogens is 2. The van der Waals surface area contributed by atoms with Crippen LogP contribution in [0.1, 0.15) is 23.1 Å². The van der Waals surface area contributed by atoms with Gasteiger partial charge in [0.15, 0.2) is 6.10 Å². The van der Waals surface area contributed by atoms with E-state index in [1.54, 1.807) is 7.11 Å². The summed E-state index contributed by atoms with van der Waals surface area (Å²) in [5, 5.41) is 0. The van der Waals surface area contributed by atoms with Crippen LogP contribution >= 0.6 is 0 Å². The van der Waals surface area contributed by atoms with Crippen molar-refractivity contribution >= 4 is 0 Å². The lowest BCUT2D eigenvalue weighted by Gasteiger charge is -2.17. The minimum absolute atomic E-state index is 0. The van der Waals surface area contributed by atoms with Crippen LogP contribution in [0.5, 0.6) is 5.75 Å². The summed E-state index contributed by atoms with van der Waals surface area (Å²) in [6.45, 7) is 0.550. The highest BCUT2D eigenvalue weighted by Crippen LogP contribution is 2.27. The van der Waals surface area contributed by atoms with Crippen LogP contribution in [0, 0.1) is 0 Å². The van der Waals surface area contributed by atoms with Gasteiger partial charge < -0.3 is 33.5 Å². The average Bonchev–Trinajstić information content (AvgIpc) is 2.95. The molecular formula is C20H23IN2O2. The van der Waals surface area contributed by atoms with Gasteiger partial charge in [-0.05, 0) is 23.3 Å². The molecule has 0 N–H and O–H groups in total. The summed E-state index contributed by atoms with van der Waals surface area (Å²) in [7, 11) is 5.75. The molecule has 0 radical (unpaired) electrons. The fourth-order valence-electron chi connectivity index (χ4n) is 2.85. The molecule has 1 aromatic heterocycles. The molecule has 0 aliphatic heterocycles. The molecular weight excluding hydrogens is 427 g/mol. The molecule has 0 aliphatic carbocycles. The van der Waals surface area contributed by atoms with E-state index in [-0.39, 0.29) is 30.1 Å². The van der Waals surface area contributed by atoms with Crippen LogP contribution in [0.3, 0.4) is 0 Å². The largest absolute Gasteiger partial charge is 1.00 e. The second kappa shape index (κ2) is 9.01. The molecule has 0 saturated carbocycles. The molecule has 5 heteroatoms.